The maximum Gasteiger partial charge on any atom is 0.257 e. The molecule has 0 saturated carbocycles. The highest BCUT2D eigenvalue weighted by molar-refractivity contribution is 6.04. The van der Waals surface area contributed by atoms with Crippen molar-refractivity contribution in [1.82, 2.24) is 5.32 Å². The minimum atomic E-state index is -1.29. The van der Waals surface area contributed by atoms with Gasteiger partial charge >= 0.3 is 0 Å². The van der Waals surface area contributed by atoms with E-state index in [1.807, 2.05) is 6.92 Å². The Bertz CT molecular complexity index is 684. The van der Waals surface area contributed by atoms with Crippen LogP contribution in [0.4, 0.5) is 5.69 Å². The predicted molar refractivity (Wildman–Crippen MR) is 84.6 cm³/mol. The van der Waals surface area contributed by atoms with E-state index in [-0.39, 0.29) is 5.91 Å². The molecule has 0 heterocycles. The Labute approximate surface area is 129 Å². The summed E-state index contributed by atoms with van der Waals surface area (Å²) in [5.74, 6) is -0.881. The van der Waals surface area contributed by atoms with Gasteiger partial charge in [0.1, 0.15) is 0 Å². The molecule has 2 amide bonds. The summed E-state index contributed by atoms with van der Waals surface area (Å²) in [6.07, 6.45) is -1.29. The largest absolute Gasteiger partial charge is 0.378 e. The molecule has 2 aromatic carbocycles. The van der Waals surface area contributed by atoms with Gasteiger partial charge in [0.15, 0.2) is 6.10 Å². The Balaban J connectivity index is 2.23. The number of anilines is 1. The van der Waals surface area contributed by atoms with Crippen molar-refractivity contribution >= 4 is 17.5 Å². The van der Waals surface area contributed by atoms with Gasteiger partial charge in [0, 0.05) is 7.05 Å². The summed E-state index contributed by atoms with van der Waals surface area (Å²) in [6, 6.07) is 13.7. The van der Waals surface area contributed by atoms with Gasteiger partial charge in [-0.25, -0.2) is 0 Å². The number of rotatable bonds is 4. The van der Waals surface area contributed by atoms with E-state index >= 15 is 0 Å². The number of benzene rings is 2. The number of nitrogens with one attached hydrogen (secondary N) is 2. The van der Waals surface area contributed by atoms with Crippen molar-refractivity contribution in [3.8, 4) is 0 Å². The molecule has 0 fully saturated rings. The van der Waals surface area contributed by atoms with Crippen molar-refractivity contribution in [2.24, 2.45) is 0 Å². The van der Waals surface area contributed by atoms with Gasteiger partial charge in [0.2, 0.25) is 0 Å². The van der Waals surface area contributed by atoms with Gasteiger partial charge in [-0.15, -0.1) is 0 Å². The molecular formula is C17H18N2O3. The van der Waals surface area contributed by atoms with Gasteiger partial charge in [-0.3, -0.25) is 9.59 Å². The lowest BCUT2D eigenvalue weighted by Crippen LogP contribution is -2.24. The standard InChI is InChI=1S/C17H18N2O3/c1-11-8-9-14(13(10-11)16(21)18-2)19-17(22)15(20)12-6-4-3-5-7-12/h3-10,15,20H,1-2H3,(H,18,21)(H,19,22). The maximum absolute atomic E-state index is 12.2. The average molecular weight is 298 g/mol. The van der Waals surface area contributed by atoms with Crippen LogP contribution in [-0.2, 0) is 4.79 Å². The van der Waals surface area contributed by atoms with Crippen LogP contribution in [0, 0.1) is 6.92 Å². The van der Waals surface area contributed by atoms with Crippen molar-refractivity contribution in [2.45, 2.75) is 13.0 Å². The van der Waals surface area contributed by atoms with Crippen molar-refractivity contribution in [3.05, 3.63) is 65.2 Å². The Morgan fingerprint density at radius 2 is 1.77 bits per heavy atom. The van der Waals surface area contributed by atoms with Gasteiger partial charge < -0.3 is 15.7 Å². The molecule has 1 atom stereocenters. The fraction of sp³-hybridized carbons (Fsp3) is 0.176. The zero-order chi connectivity index (χ0) is 16.1. The van der Waals surface area contributed by atoms with Crippen LogP contribution in [0.2, 0.25) is 0 Å². The molecule has 0 aromatic heterocycles. The van der Waals surface area contributed by atoms with Crippen LogP contribution in [0.3, 0.4) is 0 Å². The number of carbonyl (C=O) groups excluding carboxylic acids is 2. The number of aliphatic hydroxyl groups is 1. The fourth-order valence-corrected chi connectivity index (χ4v) is 2.08. The Morgan fingerprint density at radius 1 is 1.09 bits per heavy atom. The highest BCUT2D eigenvalue weighted by Crippen LogP contribution is 2.20. The molecule has 0 saturated heterocycles. The third-order valence-electron chi connectivity index (χ3n) is 3.27. The lowest BCUT2D eigenvalue weighted by molar-refractivity contribution is -0.124. The second-order valence-corrected chi connectivity index (χ2v) is 4.93. The monoisotopic (exact) mass is 298 g/mol. The second kappa shape index (κ2) is 6.87. The van der Waals surface area contributed by atoms with Gasteiger partial charge in [0.25, 0.3) is 11.8 Å². The molecular weight excluding hydrogens is 280 g/mol. The SMILES string of the molecule is CNC(=O)c1cc(C)ccc1NC(=O)C(O)c1ccccc1. The first-order valence-electron chi connectivity index (χ1n) is 6.89. The maximum atomic E-state index is 12.2. The molecule has 0 spiro atoms. The van der Waals surface area contributed by atoms with Gasteiger partial charge in [0.05, 0.1) is 11.3 Å². The first kappa shape index (κ1) is 15.7. The summed E-state index contributed by atoms with van der Waals surface area (Å²) in [4.78, 5) is 24.1. The molecule has 0 aliphatic rings. The zero-order valence-corrected chi connectivity index (χ0v) is 12.5. The molecule has 5 nitrogen and oxygen atoms in total. The van der Waals surface area contributed by atoms with E-state index in [4.69, 9.17) is 0 Å². The van der Waals surface area contributed by atoms with Crippen molar-refractivity contribution < 1.29 is 14.7 Å². The highest BCUT2D eigenvalue weighted by Gasteiger charge is 2.19. The molecule has 1 unspecified atom stereocenters. The number of amides is 2. The van der Waals surface area contributed by atoms with E-state index in [1.165, 1.54) is 7.05 Å². The Morgan fingerprint density at radius 3 is 2.41 bits per heavy atom. The minimum absolute atomic E-state index is 0.298. The van der Waals surface area contributed by atoms with Crippen molar-refractivity contribution in [2.75, 3.05) is 12.4 Å². The van der Waals surface area contributed by atoms with Crippen LogP contribution in [0.1, 0.15) is 27.6 Å². The zero-order valence-electron chi connectivity index (χ0n) is 12.5. The van der Waals surface area contributed by atoms with Gasteiger partial charge in [-0.2, -0.15) is 0 Å². The fourth-order valence-electron chi connectivity index (χ4n) is 2.08. The molecule has 5 heteroatoms. The van der Waals surface area contributed by atoms with Gasteiger partial charge in [-0.1, -0.05) is 42.0 Å². The average Bonchev–Trinajstić information content (AvgIpc) is 2.55. The van der Waals surface area contributed by atoms with Crippen LogP contribution in [-0.4, -0.2) is 24.0 Å². The molecule has 0 radical (unpaired) electrons. The first-order chi connectivity index (χ1) is 10.5. The van der Waals surface area contributed by atoms with Crippen LogP contribution >= 0.6 is 0 Å². The number of carbonyl (C=O) groups is 2. The predicted octanol–water partition coefficient (Wildman–Crippen LogP) is 2.03. The normalized spacial score (nSPS) is 11.6. The Kier molecular flexibility index (Phi) is 4.91. The number of hydrogen-bond donors (Lipinski definition) is 3. The molecule has 3 N–H and O–H groups in total. The highest BCUT2D eigenvalue weighted by atomic mass is 16.3. The molecule has 2 aromatic rings. The summed E-state index contributed by atoms with van der Waals surface area (Å²) in [7, 11) is 1.52. The smallest absolute Gasteiger partial charge is 0.257 e. The van der Waals surface area contributed by atoms with Crippen LogP contribution in [0.25, 0.3) is 0 Å². The van der Waals surface area contributed by atoms with E-state index in [0.29, 0.717) is 16.8 Å². The molecule has 2 rings (SSSR count). The number of aryl methyl sites for hydroxylation is 1. The molecule has 0 bridgehead atoms. The molecule has 114 valence electrons. The summed E-state index contributed by atoms with van der Waals surface area (Å²) < 4.78 is 0. The summed E-state index contributed by atoms with van der Waals surface area (Å²) in [5.41, 5.74) is 2.12. The summed E-state index contributed by atoms with van der Waals surface area (Å²) >= 11 is 0. The van der Waals surface area contributed by atoms with Crippen LogP contribution < -0.4 is 10.6 Å². The second-order valence-electron chi connectivity index (χ2n) is 4.93. The lowest BCUT2D eigenvalue weighted by Gasteiger charge is -2.14. The number of aliphatic hydroxyl groups excluding tert-OH is 1. The molecule has 22 heavy (non-hydrogen) atoms. The summed E-state index contributed by atoms with van der Waals surface area (Å²) in [5, 5.41) is 15.2. The van der Waals surface area contributed by atoms with Crippen molar-refractivity contribution in [3.63, 3.8) is 0 Å². The minimum Gasteiger partial charge on any atom is -0.378 e. The topological polar surface area (TPSA) is 78.4 Å². The van der Waals surface area contributed by atoms with Crippen molar-refractivity contribution in [1.29, 1.82) is 0 Å². The third kappa shape index (κ3) is 3.51. The third-order valence-corrected chi connectivity index (χ3v) is 3.27. The number of hydrogen-bond acceptors (Lipinski definition) is 3. The summed E-state index contributed by atoms with van der Waals surface area (Å²) in [6.45, 7) is 1.86. The van der Waals surface area contributed by atoms with Crippen LogP contribution in [0.5, 0.6) is 0 Å². The van der Waals surface area contributed by atoms with Gasteiger partial charge in [-0.05, 0) is 24.6 Å². The quantitative estimate of drug-likeness (QED) is 0.808. The molecule has 0 aliphatic heterocycles. The Hall–Kier alpha value is -2.66. The van der Waals surface area contributed by atoms with Crippen LogP contribution in [0.15, 0.2) is 48.5 Å². The van der Waals surface area contributed by atoms with E-state index < -0.39 is 12.0 Å². The van der Waals surface area contributed by atoms with E-state index in [0.717, 1.165) is 5.56 Å². The molecule has 0 aliphatic carbocycles. The van der Waals surface area contributed by atoms with E-state index in [1.54, 1.807) is 48.5 Å². The van der Waals surface area contributed by atoms with E-state index in [2.05, 4.69) is 10.6 Å². The lowest BCUT2D eigenvalue weighted by atomic mass is 10.1. The first-order valence-corrected chi connectivity index (χ1v) is 6.89. The van der Waals surface area contributed by atoms with E-state index in [9.17, 15) is 14.7 Å².